The monoisotopic (exact) mass is 314 g/mol. The van der Waals surface area contributed by atoms with E-state index >= 15 is 0 Å². The summed E-state index contributed by atoms with van der Waals surface area (Å²) in [6, 6.07) is 0. The zero-order valence-corrected chi connectivity index (χ0v) is 15.8. The summed E-state index contributed by atoms with van der Waals surface area (Å²) in [6.45, 7) is 15.4. The summed E-state index contributed by atoms with van der Waals surface area (Å²) in [5.74, 6) is 0. The van der Waals surface area contributed by atoms with Crippen LogP contribution in [0.1, 0.15) is 52.2 Å². The van der Waals surface area contributed by atoms with Gasteiger partial charge in [-0.3, -0.25) is 0 Å². The number of rotatable bonds is 8. The molecular formula is C15H30N2OSSi. The van der Waals surface area contributed by atoms with Crippen molar-refractivity contribution >= 4 is 19.7 Å². The Bertz CT molecular complexity index is 383. The van der Waals surface area contributed by atoms with E-state index in [0.717, 1.165) is 17.2 Å². The topological polar surface area (TPSA) is 34.2 Å². The second-order valence-electron chi connectivity index (χ2n) is 6.37. The van der Waals surface area contributed by atoms with Gasteiger partial charge in [-0.15, -0.1) is 11.3 Å². The molecular weight excluding hydrogens is 284 g/mol. The molecule has 0 aliphatic rings. The Hall–Kier alpha value is -0.233. The SMILES string of the molecule is CNCc1nc(CO[Si](C(C)C)(C(C)C)C(C)C)cs1. The van der Waals surface area contributed by atoms with Gasteiger partial charge in [-0.2, -0.15) is 0 Å². The molecule has 1 aromatic rings. The van der Waals surface area contributed by atoms with Crippen molar-refractivity contribution in [1.29, 1.82) is 0 Å². The first-order chi connectivity index (χ1) is 9.34. The van der Waals surface area contributed by atoms with E-state index in [-0.39, 0.29) is 0 Å². The number of aromatic nitrogens is 1. The molecule has 116 valence electrons. The van der Waals surface area contributed by atoms with Crippen LogP contribution in [0.3, 0.4) is 0 Å². The van der Waals surface area contributed by atoms with E-state index in [1.54, 1.807) is 11.3 Å². The van der Waals surface area contributed by atoms with E-state index < -0.39 is 8.32 Å². The van der Waals surface area contributed by atoms with Crippen LogP contribution in [-0.4, -0.2) is 20.3 Å². The van der Waals surface area contributed by atoms with E-state index in [0.29, 0.717) is 23.2 Å². The fraction of sp³-hybridized carbons (Fsp3) is 0.800. The second kappa shape index (κ2) is 7.68. The van der Waals surface area contributed by atoms with Crippen molar-refractivity contribution in [2.45, 2.75) is 71.3 Å². The molecule has 0 bridgehead atoms. The largest absolute Gasteiger partial charge is 0.410 e. The highest BCUT2D eigenvalue weighted by atomic mass is 32.1. The molecule has 1 heterocycles. The molecule has 0 aliphatic carbocycles. The second-order valence-corrected chi connectivity index (χ2v) is 12.8. The lowest BCUT2D eigenvalue weighted by atomic mass is 10.5. The minimum absolute atomic E-state index is 0.623. The quantitative estimate of drug-likeness (QED) is 0.715. The highest BCUT2D eigenvalue weighted by Crippen LogP contribution is 2.42. The van der Waals surface area contributed by atoms with Crippen LogP contribution >= 0.6 is 11.3 Å². The minimum atomic E-state index is -1.77. The summed E-state index contributed by atoms with van der Waals surface area (Å²) < 4.78 is 6.55. The molecule has 1 aromatic heterocycles. The highest BCUT2D eigenvalue weighted by Gasteiger charge is 2.45. The van der Waals surface area contributed by atoms with Crippen LogP contribution in [0.15, 0.2) is 5.38 Å². The van der Waals surface area contributed by atoms with E-state index in [2.05, 4.69) is 57.2 Å². The van der Waals surface area contributed by atoms with Gasteiger partial charge in [0.2, 0.25) is 8.32 Å². The van der Waals surface area contributed by atoms with Gasteiger partial charge < -0.3 is 9.74 Å². The smallest absolute Gasteiger partial charge is 0.200 e. The summed E-state index contributed by atoms with van der Waals surface area (Å²) in [7, 11) is 0.180. The van der Waals surface area contributed by atoms with Gasteiger partial charge in [0, 0.05) is 11.9 Å². The molecule has 0 saturated heterocycles. The van der Waals surface area contributed by atoms with Crippen LogP contribution in [0.25, 0.3) is 0 Å². The summed E-state index contributed by atoms with van der Waals surface area (Å²) >= 11 is 1.71. The maximum atomic E-state index is 6.55. The number of hydrogen-bond donors (Lipinski definition) is 1. The molecule has 3 nitrogen and oxygen atoms in total. The highest BCUT2D eigenvalue weighted by molar-refractivity contribution is 7.09. The molecule has 0 saturated carbocycles. The third kappa shape index (κ3) is 3.90. The first kappa shape index (κ1) is 17.8. The van der Waals surface area contributed by atoms with Crippen molar-refractivity contribution in [2.75, 3.05) is 7.05 Å². The first-order valence-electron chi connectivity index (χ1n) is 7.56. The van der Waals surface area contributed by atoms with Crippen LogP contribution in [0.2, 0.25) is 16.6 Å². The fourth-order valence-corrected chi connectivity index (χ4v) is 9.53. The molecule has 0 aliphatic heterocycles. The number of nitrogens with one attached hydrogen (secondary N) is 1. The van der Waals surface area contributed by atoms with Gasteiger partial charge in [-0.05, 0) is 23.7 Å². The third-order valence-corrected chi connectivity index (χ3v) is 11.1. The summed E-state index contributed by atoms with van der Waals surface area (Å²) in [4.78, 5) is 4.63. The Morgan fingerprint density at radius 3 is 2.15 bits per heavy atom. The van der Waals surface area contributed by atoms with Gasteiger partial charge in [-0.1, -0.05) is 41.5 Å². The molecule has 0 fully saturated rings. The fourth-order valence-electron chi connectivity index (χ4n) is 3.35. The molecule has 1 N–H and O–H groups in total. The Balaban J connectivity index is 2.80. The van der Waals surface area contributed by atoms with Crippen LogP contribution in [0.5, 0.6) is 0 Å². The normalized spacial score (nSPS) is 12.9. The molecule has 0 spiro atoms. The molecule has 0 aromatic carbocycles. The number of hydrogen-bond acceptors (Lipinski definition) is 4. The predicted octanol–water partition coefficient (Wildman–Crippen LogP) is 4.55. The minimum Gasteiger partial charge on any atom is -0.410 e. The van der Waals surface area contributed by atoms with Crippen molar-refractivity contribution in [1.82, 2.24) is 10.3 Å². The van der Waals surface area contributed by atoms with Gasteiger partial charge in [0.15, 0.2) is 0 Å². The van der Waals surface area contributed by atoms with Crippen molar-refractivity contribution < 1.29 is 4.43 Å². The van der Waals surface area contributed by atoms with Gasteiger partial charge >= 0.3 is 0 Å². The molecule has 0 unspecified atom stereocenters. The van der Waals surface area contributed by atoms with Crippen molar-refractivity contribution in [3.8, 4) is 0 Å². The lowest BCUT2D eigenvalue weighted by Crippen LogP contribution is -2.47. The number of nitrogens with zero attached hydrogens (tertiary/aromatic N) is 1. The van der Waals surface area contributed by atoms with Crippen LogP contribution in [0.4, 0.5) is 0 Å². The average Bonchev–Trinajstić information content (AvgIpc) is 2.76. The van der Waals surface area contributed by atoms with Crippen molar-refractivity contribution in [3.05, 3.63) is 16.1 Å². The van der Waals surface area contributed by atoms with Crippen LogP contribution in [0, 0.1) is 0 Å². The average molecular weight is 315 g/mol. The summed E-state index contributed by atoms with van der Waals surface area (Å²) in [6.07, 6.45) is 0. The Kier molecular flexibility index (Phi) is 6.85. The van der Waals surface area contributed by atoms with E-state index in [4.69, 9.17) is 4.43 Å². The third-order valence-electron chi connectivity index (χ3n) is 4.10. The number of thiazole rings is 1. The van der Waals surface area contributed by atoms with Gasteiger partial charge in [0.05, 0.1) is 12.3 Å². The lowest BCUT2D eigenvalue weighted by Gasteiger charge is -2.42. The molecule has 1 rings (SSSR count). The van der Waals surface area contributed by atoms with Crippen LogP contribution < -0.4 is 5.32 Å². The van der Waals surface area contributed by atoms with Gasteiger partial charge in [-0.25, -0.2) is 4.98 Å². The summed E-state index contributed by atoms with van der Waals surface area (Å²) in [5.41, 5.74) is 2.95. The summed E-state index contributed by atoms with van der Waals surface area (Å²) in [5, 5.41) is 6.41. The Morgan fingerprint density at radius 1 is 1.15 bits per heavy atom. The maximum absolute atomic E-state index is 6.55. The molecule has 0 radical (unpaired) electrons. The lowest BCUT2D eigenvalue weighted by molar-refractivity contribution is 0.262. The zero-order chi connectivity index (χ0) is 15.3. The Labute approximate surface area is 129 Å². The van der Waals surface area contributed by atoms with Crippen LogP contribution in [-0.2, 0) is 17.6 Å². The standard InChI is InChI=1S/C15H30N2OSSi/c1-11(2)20(12(3)4,13(5)6)18-9-14-10-19-15(17-14)8-16-7/h10-13,16H,8-9H2,1-7H3. The molecule has 5 heteroatoms. The zero-order valence-electron chi connectivity index (χ0n) is 14.0. The molecule has 20 heavy (non-hydrogen) atoms. The predicted molar refractivity (Wildman–Crippen MR) is 90.7 cm³/mol. The maximum Gasteiger partial charge on any atom is 0.200 e. The van der Waals surface area contributed by atoms with Gasteiger partial charge in [0.25, 0.3) is 0 Å². The molecule has 0 amide bonds. The van der Waals surface area contributed by atoms with Crippen molar-refractivity contribution in [2.24, 2.45) is 0 Å². The van der Waals surface area contributed by atoms with Gasteiger partial charge in [0.1, 0.15) is 5.01 Å². The Morgan fingerprint density at radius 2 is 1.70 bits per heavy atom. The van der Waals surface area contributed by atoms with E-state index in [1.165, 1.54) is 0 Å². The first-order valence-corrected chi connectivity index (χ1v) is 10.6. The van der Waals surface area contributed by atoms with E-state index in [9.17, 15) is 0 Å². The van der Waals surface area contributed by atoms with E-state index in [1.807, 2.05) is 7.05 Å². The van der Waals surface area contributed by atoms with Crippen molar-refractivity contribution in [3.63, 3.8) is 0 Å². The molecule has 0 atom stereocenters.